The zero-order valence-electron chi connectivity index (χ0n) is 8.95. The van der Waals surface area contributed by atoms with E-state index < -0.39 is 0 Å². The van der Waals surface area contributed by atoms with Crippen LogP contribution in [0.3, 0.4) is 0 Å². The molecule has 0 atom stereocenters. The lowest BCUT2D eigenvalue weighted by Crippen LogP contribution is -1.86. The highest BCUT2D eigenvalue weighted by atomic mass is 35.5. The van der Waals surface area contributed by atoms with Crippen molar-refractivity contribution in [2.75, 3.05) is 0 Å². The van der Waals surface area contributed by atoms with E-state index in [0.717, 1.165) is 22.6 Å². The number of nitrogens with zero attached hydrogens (tertiary/aromatic N) is 2. The van der Waals surface area contributed by atoms with Crippen molar-refractivity contribution in [3.63, 3.8) is 0 Å². The molecule has 0 aliphatic heterocycles. The Morgan fingerprint density at radius 2 is 2.12 bits per heavy atom. The number of thiophene rings is 1. The van der Waals surface area contributed by atoms with Crippen LogP contribution in [-0.4, -0.2) is 9.38 Å². The smallest absolute Gasteiger partial charge is 0.137 e. The first kappa shape index (κ1) is 11.1. The van der Waals surface area contributed by atoms with Gasteiger partial charge in [0.25, 0.3) is 0 Å². The van der Waals surface area contributed by atoms with Gasteiger partial charge in [0.05, 0.1) is 10.0 Å². The van der Waals surface area contributed by atoms with E-state index in [4.69, 9.17) is 23.2 Å². The summed E-state index contributed by atoms with van der Waals surface area (Å²) >= 11 is 13.4. The van der Waals surface area contributed by atoms with Crippen molar-refractivity contribution in [2.45, 2.75) is 6.92 Å². The van der Waals surface area contributed by atoms with Gasteiger partial charge in [0.1, 0.15) is 9.98 Å². The summed E-state index contributed by atoms with van der Waals surface area (Å²) in [5, 5.41) is 0. The summed E-state index contributed by atoms with van der Waals surface area (Å²) in [5.41, 5.74) is 3.80. The maximum Gasteiger partial charge on any atom is 0.137 e. The summed E-state index contributed by atoms with van der Waals surface area (Å²) in [7, 11) is 0. The fourth-order valence-electron chi connectivity index (χ4n) is 1.79. The molecule has 0 N–H and O–H groups in total. The lowest BCUT2D eigenvalue weighted by atomic mass is 10.3. The van der Waals surface area contributed by atoms with E-state index >= 15 is 0 Å². The lowest BCUT2D eigenvalue weighted by Gasteiger charge is -1.95. The van der Waals surface area contributed by atoms with Gasteiger partial charge in [-0.15, -0.1) is 11.3 Å². The SMILES string of the molecule is Cc1cccc2nc(-c3cc(Cl)sc3Cl)cn12. The molecule has 0 bridgehead atoms. The molecular weight excluding hydrogens is 275 g/mol. The van der Waals surface area contributed by atoms with E-state index in [9.17, 15) is 0 Å². The van der Waals surface area contributed by atoms with Crippen molar-refractivity contribution >= 4 is 40.2 Å². The fourth-order valence-corrected chi connectivity index (χ4v) is 3.27. The highest BCUT2D eigenvalue weighted by molar-refractivity contribution is 7.20. The molecule has 0 saturated carbocycles. The van der Waals surface area contributed by atoms with E-state index in [1.807, 2.05) is 41.8 Å². The number of aromatic nitrogens is 2. The molecule has 0 aliphatic carbocycles. The van der Waals surface area contributed by atoms with Gasteiger partial charge < -0.3 is 4.40 Å². The molecule has 0 aliphatic rings. The number of aryl methyl sites for hydroxylation is 1. The Kier molecular flexibility index (Phi) is 2.62. The maximum atomic E-state index is 6.13. The van der Waals surface area contributed by atoms with Gasteiger partial charge in [-0.1, -0.05) is 29.3 Å². The second kappa shape index (κ2) is 4.02. The predicted octanol–water partition coefficient (Wildman–Crippen LogP) is 4.68. The van der Waals surface area contributed by atoms with Crippen molar-refractivity contribution < 1.29 is 0 Å². The van der Waals surface area contributed by atoms with Gasteiger partial charge in [-0.3, -0.25) is 0 Å². The van der Waals surface area contributed by atoms with Crippen LogP contribution in [0.15, 0.2) is 30.5 Å². The molecule has 17 heavy (non-hydrogen) atoms. The molecule has 0 spiro atoms. The Morgan fingerprint density at radius 3 is 2.76 bits per heavy atom. The average molecular weight is 283 g/mol. The van der Waals surface area contributed by atoms with Crippen molar-refractivity contribution in [1.82, 2.24) is 9.38 Å². The monoisotopic (exact) mass is 282 g/mol. The minimum atomic E-state index is 0.677. The first-order valence-electron chi connectivity index (χ1n) is 5.05. The molecule has 3 rings (SSSR count). The number of pyridine rings is 1. The minimum Gasteiger partial charge on any atom is -0.304 e. The molecule has 0 unspecified atom stereocenters. The zero-order valence-corrected chi connectivity index (χ0v) is 11.3. The third kappa shape index (κ3) is 1.84. The molecule has 0 saturated heterocycles. The first-order chi connectivity index (χ1) is 8.15. The van der Waals surface area contributed by atoms with Gasteiger partial charge in [0, 0.05) is 17.5 Å². The third-order valence-electron chi connectivity index (χ3n) is 2.63. The maximum absolute atomic E-state index is 6.13. The Bertz CT molecular complexity index is 700. The van der Waals surface area contributed by atoms with Gasteiger partial charge in [0.2, 0.25) is 0 Å². The van der Waals surface area contributed by atoms with E-state index in [1.54, 1.807) is 0 Å². The summed E-state index contributed by atoms with van der Waals surface area (Å²) in [5.74, 6) is 0. The zero-order chi connectivity index (χ0) is 12.0. The standard InChI is InChI=1S/C12H8Cl2N2S/c1-7-3-2-4-11-15-9(6-16(7)11)8-5-10(13)17-12(8)14/h2-6H,1H3. The summed E-state index contributed by atoms with van der Waals surface area (Å²) in [6.45, 7) is 2.04. The Labute approximate surface area is 112 Å². The molecule has 0 amide bonds. The van der Waals surface area contributed by atoms with Gasteiger partial charge in [-0.2, -0.15) is 0 Å². The van der Waals surface area contributed by atoms with Crippen LogP contribution >= 0.6 is 34.5 Å². The predicted molar refractivity (Wildman–Crippen MR) is 73.3 cm³/mol. The molecule has 0 aromatic carbocycles. The number of imidazole rings is 1. The number of fused-ring (bicyclic) bond motifs is 1. The summed E-state index contributed by atoms with van der Waals surface area (Å²) in [4.78, 5) is 4.54. The van der Waals surface area contributed by atoms with Crippen LogP contribution in [0.2, 0.25) is 8.67 Å². The summed E-state index contributed by atoms with van der Waals surface area (Å²) in [6, 6.07) is 7.86. The Balaban J connectivity index is 2.25. The highest BCUT2D eigenvalue weighted by Gasteiger charge is 2.12. The normalized spacial score (nSPS) is 11.2. The molecule has 3 aromatic heterocycles. The third-order valence-corrected chi connectivity index (χ3v) is 4.12. The minimum absolute atomic E-state index is 0.677. The van der Waals surface area contributed by atoms with Gasteiger partial charge >= 0.3 is 0 Å². The molecule has 3 heterocycles. The van der Waals surface area contributed by atoms with Gasteiger partial charge in [-0.05, 0) is 25.1 Å². The molecule has 5 heteroatoms. The van der Waals surface area contributed by atoms with Gasteiger partial charge in [0.15, 0.2) is 0 Å². The molecule has 2 nitrogen and oxygen atoms in total. The first-order valence-corrected chi connectivity index (χ1v) is 6.62. The quantitative estimate of drug-likeness (QED) is 0.634. The van der Waals surface area contributed by atoms with Crippen LogP contribution in [0.25, 0.3) is 16.9 Å². The lowest BCUT2D eigenvalue weighted by molar-refractivity contribution is 1.09. The highest BCUT2D eigenvalue weighted by Crippen LogP contribution is 2.37. The molecule has 0 radical (unpaired) electrons. The van der Waals surface area contributed by atoms with E-state index in [2.05, 4.69) is 4.98 Å². The van der Waals surface area contributed by atoms with Crippen molar-refractivity contribution in [1.29, 1.82) is 0 Å². The second-order valence-corrected chi connectivity index (χ2v) is 6.04. The average Bonchev–Trinajstić information content (AvgIpc) is 2.82. The topological polar surface area (TPSA) is 17.3 Å². The largest absolute Gasteiger partial charge is 0.304 e. The number of hydrogen-bond donors (Lipinski definition) is 0. The second-order valence-electron chi connectivity index (χ2n) is 3.76. The van der Waals surface area contributed by atoms with Crippen LogP contribution < -0.4 is 0 Å². The molecule has 86 valence electrons. The van der Waals surface area contributed by atoms with Crippen molar-refractivity contribution in [2.24, 2.45) is 0 Å². The Hall–Kier alpha value is -1.03. The van der Waals surface area contributed by atoms with Crippen LogP contribution in [0.4, 0.5) is 0 Å². The van der Waals surface area contributed by atoms with E-state index in [-0.39, 0.29) is 0 Å². The number of hydrogen-bond acceptors (Lipinski definition) is 2. The van der Waals surface area contributed by atoms with Crippen LogP contribution in [-0.2, 0) is 0 Å². The van der Waals surface area contributed by atoms with E-state index in [1.165, 1.54) is 11.3 Å². The van der Waals surface area contributed by atoms with Crippen LogP contribution in [0.1, 0.15) is 5.69 Å². The number of rotatable bonds is 1. The van der Waals surface area contributed by atoms with Crippen molar-refractivity contribution in [3.8, 4) is 11.3 Å². The van der Waals surface area contributed by atoms with Crippen LogP contribution in [0.5, 0.6) is 0 Å². The van der Waals surface area contributed by atoms with Gasteiger partial charge in [-0.25, -0.2) is 4.98 Å². The molecule has 3 aromatic rings. The summed E-state index contributed by atoms with van der Waals surface area (Å²) < 4.78 is 3.40. The van der Waals surface area contributed by atoms with E-state index in [0.29, 0.717) is 8.67 Å². The molecule has 0 fully saturated rings. The van der Waals surface area contributed by atoms with Crippen LogP contribution in [0, 0.1) is 6.92 Å². The summed E-state index contributed by atoms with van der Waals surface area (Å²) in [6.07, 6.45) is 1.98. The fraction of sp³-hybridized carbons (Fsp3) is 0.0833. The molecular formula is C12H8Cl2N2S. The van der Waals surface area contributed by atoms with Crippen molar-refractivity contribution in [3.05, 3.63) is 44.8 Å². The Morgan fingerprint density at radius 1 is 1.29 bits per heavy atom. The number of halogens is 2.